The average Bonchev–Trinajstić information content (AvgIpc) is 3.13. The molecule has 0 bridgehead atoms. The first-order valence-corrected chi connectivity index (χ1v) is 12.1. The van der Waals surface area contributed by atoms with Crippen LogP contribution in [0.4, 0.5) is 0 Å². The van der Waals surface area contributed by atoms with Crippen molar-refractivity contribution in [1.29, 1.82) is 0 Å². The molecule has 184 valence electrons. The second-order valence-electron chi connectivity index (χ2n) is 9.36. The molecule has 2 aromatic carbocycles. The van der Waals surface area contributed by atoms with E-state index in [2.05, 4.69) is 10.6 Å². The van der Waals surface area contributed by atoms with Crippen molar-refractivity contribution in [3.05, 3.63) is 71.8 Å². The van der Waals surface area contributed by atoms with Gasteiger partial charge in [-0.3, -0.25) is 24.1 Å². The van der Waals surface area contributed by atoms with Crippen LogP contribution in [0, 0.1) is 0 Å². The second kappa shape index (κ2) is 10.8. The summed E-state index contributed by atoms with van der Waals surface area (Å²) in [5.74, 6) is -2.34. The van der Waals surface area contributed by atoms with Gasteiger partial charge in [-0.05, 0) is 30.5 Å². The van der Waals surface area contributed by atoms with Gasteiger partial charge in [0.05, 0.1) is 13.0 Å². The molecule has 1 aliphatic carbocycles. The molecule has 4 amide bonds. The van der Waals surface area contributed by atoms with Gasteiger partial charge in [0.1, 0.15) is 6.04 Å². The van der Waals surface area contributed by atoms with Gasteiger partial charge in [0, 0.05) is 18.0 Å². The van der Waals surface area contributed by atoms with Crippen LogP contribution in [0.3, 0.4) is 0 Å². The highest BCUT2D eigenvalue weighted by Crippen LogP contribution is 2.28. The fourth-order valence-electron chi connectivity index (χ4n) is 4.90. The van der Waals surface area contributed by atoms with Gasteiger partial charge in [-0.2, -0.15) is 0 Å². The molecule has 1 aliphatic heterocycles. The van der Waals surface area contributed by atoms with Gasteiger partial charge in [-0.1, -0.05) is 67.8 Å². The van der Waals surface area contributed by atoms with Gasteiger partial charge in [0.2, 0.25) is 11.8 Å². The number of imide groups is 1. The molecule has 1 saturated carbocycles. The molecular formula is C27H31N3O5. The molecule has 0 spiro atoms. The monoisotopic (exact) mass is 477 g/mol. The maximum Gasteiger partial charge on any atom is 0.258 e. The van der Waals surface area contributed by atoms with E-state index in [1.807, 2.05) is 30.3 Å². The number of benzene rings is 2. The number of carbonyl (C=O) groups excluding carboxylic acids is 4. The van der Waals surface area contributed by atoms with E-state index in [0.717, 1.165) is 42.6 Å². The predicted molar refractivity (Wildman–Crippen MR) is 129 cm³/mol. The molecule has 2 aliphatic rings. The quantitative estimate of drug-likeness (QED) is 0.503. The van der Waals surface area contributed by atoms with Crippen molar-refractivity contribution in [1.82, 2.24) is 15.5 Å². The van der Waals surface area contributed by atoms with E-state index in [-0.39, 0.29) is 12.5 Å². The fraction of sp³-hybridized carbons (Fsp3) is 0.407. The summed E-state index contributed by atoms with van der Waals surface area (Å²) in [5.41, 5.74) is -0.717. The Morgan fingerprint density at radius 2 is 1.60 bits per heavy atom. The third-order valence-electron chi connectivity index (χ3n) is 6.85. The van der Waals surface area contributed by atoms with Crippen LogP contribution in [-0.4, -0.2) is 57.9 Å². The predicted octanol–water partition coefficient (Wildman–Crippen LogP) is 1.97. The lowest BCUT2D eigenvalue weighted by Gasteiger charge is -2.31. The summed E-state index contributed by atoms with van der Waals surface area (Å²) < 4.78 is 0. The van der Waals surface area contributed by atoms with E-state index in [4.69, 9.17) is 0 Å². The number of amides is 4. The lowest BCUT2D eigenvalue weighted by Crippen LogP contribution is -2.60. The SMILES string of the molecule is O=C(N[C@]1(CO)CC(=O)N([C@@H](Cc2ccccc2)C(=O)NC2CCCCC2)C1=O)c1ccccc1. The van der Waals surface area contributed by atoms with Gasteiger partial charge in [0.25, 0.3) is 11.8 Å². The Morgan fingerprint density at radius 3 is 2.23 bits per heavy atom. The number of hydrogen-bond donors (Lipinski definition) is 3. The molecule has 3 N–H and O–H groups in total. The van der Waals surface area contributed by atoms with Gasteiger partial charge in [0.15, 0.2) is 5.54 Å². The third-order valence-corrected chi connectivity index (χ3v) is 6.85. The van der Waals surface area contributed by atoms with Crippen LogP contribution >= 0.6 is 0 Å². The number of likely N-dealkylation sites (tertiary alicyclic amines) is 1. The van der Waals surface area contributed by atoms with E-state index in [1.165, 1.54) is 0 Å². The molecule has 8 heteroatoms. The van der Waals surface area contributed by atoms with E-state index in [1.54, 1.807) is 30.3 Å². The largest absolute Gasteiger partial charge is 0.393 e. The summed E-state index contributed by atoms with van der Waals surface area (Å²) in [6, 6.07) is 16.4. The summed E-state index contributed by atoms with van der Waals surface area (Å²) in [7, 11) is 0. The molecule has 0 unspecified atom stereocenters. The molecular weight excluding hydrogens is 446 g/mol. The number of aliphatic hydroxyl groups is 1. The lowest BCUT2D eigenvalue weighted by atomic mass is 9.94. The normalized spacial score (nSPS) is 21.6. The van der Waals surface area contributed by atoms with E-state index >= 15 is 0 Å². The molecule has 0 radical (unpaired) electrons. The summed E-state index contributed by atoms with van der Waals surface area (Å²) in [5, 5.41) is 15.8. The first kappa shape index (κ1) is 24.6. The van der Waals surface area contributed by atoms with Crippen LogP contribution in [0.15, 0.2) is 60.7 Å². The summed E-state index contributed by atoms with van der Waals surface area (Å²) in [4.78, 5) is 53.9. The van der Waals surface area contributed by atoms with Crippen molar-refractivity contribution in [3.8, 4) is 0 Å². The minimum absolute atomic E-state index is 0.00251. The Balaban J connectivity index is 1.60. The Hall–Kier alpha value is -3.52. The number of hydrogen-bond acceptors (Lipinski definition) is 5. The van der Waals surface area contributed by atoms with E-state index in [0.29, 0.717) is 5.56 Å². The van der Waals surface area contributed by atoms with Crippen LogP contribution in [0.1, 0.15) is 54.4 Å². The van der Waals surface area contributed by atoms with Crippen molar-refractivity contribution >= 4 is 23.6 Å². The summed E-state index contributed by atoms with van der Waals surface area (Å²) in [6.07, 6.45) is 4.62. The highest BCUT2D eigenvalue weighted by molar-refractivity contribution is 6.13. The topological polar surface area (TPSA) is 116 Å². The first-order valence-electron chi connectivity index (χ1n) is 12.1. The molecule has 4 rings (SSSR count). The third kappa shape index (κ3) is 5.43. The maximum atomic E-state index is 13.6. The smallest absolute Gasteiger partial charge is 0.258 e. The number of rotatable bonds is 8. The van der Waals surface area contributed by atoms with Crippen LogP contribution in [0.25, 0.3) is 0 Å². The molecule has 2 aromatic rings. The Morgan fingerprint density at radius 1 is 0.971 bits per heavy atom. The van der Waals surface area contributed by atoms with Crippen LogP contribution < -0.4 is 10.6 Å². The lowest BCUT2D eigenvalue weighted by molar-refractivity contribution is -0.148. The molecule has 8 nitrogen and oxygen atoms in total. The summed E-state index contributed by atoms with van der Waals surface area (Å²) >= 11 is 0. The Labute approximate surface area is 204 Å². The first-order chi connectivity index (χ1) is 16.9. The van der Waals surface area contributed by atoms with Crippen molar-refractivity contribution < 1.29 is 24.3 Å². The highest BCUT2D eigenvalue weighted by Gasteiger charge is 2.55. The van der Waals surface area contributed by atoms with Crippen molar-refractivity contribution in [2.75, 3.05) is 6.61 Å². The zero-order valence-electron chi connectivity index (χ0n) is 19.6. The fourth-order valence-corrected chi connectivity index (χ4v) is 4.90. The Bertz CT molecular complexity index is 1070. The second-order valence-corrected chi connectivity index (χ2v) is 9.36. The number of aliphatic hydroxyl groups excluding tert-OH is 1. The highest BCUT2D eigenvalue weighted by atomic mass is 16.3. The molecule has 2 fully saturated rings. The van der Waals surface area contributed by atoms with Gasteiger partial charge in [-0.15, -0.1) is 0 Å². The molecule has 2 atom stereocenters. The van der Waals surface area contributed by atoms with Crippen LogP contribution in [-0.2, 0) is 20.8 Å². The number of nitrogens with one attached hydrogen (secondary N) is 2. The zero-order valence-corrected chi connectivity index (χ0v) is 19.6. The number of nitrogens with zero attached hydrogens (tertiary/aromatic N) is 1. The Kier molecular flexibility index (Phi) is 7.60. The summed E-state index contributed by atoms with van der Waals surface area (Å²) in [6.45, 7) is -0.755. The molecule has 0 aromatic heterocycles. The van der Waals surface area contributed by atoms with Crippen LogP contribution in [0.5, 0.6) is 0 Å². The molecule has 1 saturated heterocycles. The van der Waals surface area contributed by atoms with Gasteiger partial charge in [-0.25, -0.2) is 0 Å². The van der Waals surface area contributed by atoms with Gasteiger partial charge >= 0.3 is 0 Å². The van der Waals surface area contributed by atoms with Crippen molar-refractivity contribution in [2.24, 2.45) is 0 Å². The standard InChI is InChI=1S/C27H31N3O5/c31-18-27(29-24(33)20-12-6-2-7-13-20)17-23(32)30(26(27)35)22(16-19-10-4-1-5-11-19)25(34)28-21-14-8-3-9-15-21/h1-2,4-7,10-13,21-22,31H,3,8-9,14-18H2,(H,28,34)(H,29,33)/t22-,27-/m0/s1. The van der Waals surface area contributed by atoms with Crippen molar-refractivity contribution in [2.45, 2.75) is 62.6 Å². The molecule has 35 heavy (non-hydrogen) atoms. The molecule has 1 heterocycles. The van der Waals surface area contributed by atoms with E-state index < -0.39 is 48.2 Å². The minimum Gasteiger partial charge on any atom is -0.393 e. The van der Waals surface area contributed by atoms with Gasteiger partial charge < -0.3 is 15.7 Å². The maximum absolute atomic E-state index is 13.6. The minimum atomic E-state index is -1.82. The van der Waals surface area contributed by atoms with E-state index in [9.17, 15) is 24.3 Å². The zero-order chi connectivity index (χ0) is 24.8. The van der Waals surface area contributed by atoms with Crippen LogP contribution in [0.2, 0.25) is 0 Å². The average molecular weight is 478 g/mol. The van der Waals surface area contributed by atoms with Crippen molar-refractivity contribution in [3.63, 3.8) is 0 Å². The number of carbonyl (C=O) groups is 4.